The fourth-order valence-corrected chi connectivity index (χ4v) is 3.02. The van der Waals surface area contributed by atoms with Crippen LogP contribution in [0.5, 0.6) is 0 Å². The third-order valence-corrected chi connectivity index (χ3v) is 4.42. The summed E-state index contributed by atoms with van der Waals surface area (Å²) in [6, 6.07) is 0. The lowest BCUT2D eigenvalue weighted by Gasteiger charge is -2.15. The summed E-state index contributed by atoms with van der Waals surface area (Å²) < 4.78 is 11.8. The van der Waals surface area contributed by atoms with Gasteiger partial charge in [-0.15, -0.1) is 0 Å². The molecule has 0 spiro atoms. The highest BCUT2D eigenvalue weighted by atomic mass is 16.5. The number of amides is 1. The molecule has 0 radical (unpaired) electrons. The van der Waals surface area contributed by atoms with Crippen LogP contribution in [0.4, 0.5) is 0 Å². The number of nitrogens with zero attached hydrogens (tertiary/aromatic N) is 1. The molecular weight excluding hydrogens is 334 g/mol. The predicted octanol–water partition coefficient (Wildman–Crippen LogP) is -1.91. The molecule has 0 bridgehead atoms. The van der Waals surface area contributed by atoms with E-state index in [2.05, 4.69) is 10.3 Å². The van der Waals surface area contributed by atoms with Gasteiger partial charge in [0.2, 0.25) is 0 Å². The molecule has 4 atom stereocenters. The van der Waals surface area contributed by atoms with Gasteiger partial charge < -0.3 is 25.0 Å². The average molecular weight is 355 g/mol. The van der Waals surface area contributed by atoms with Crippen LogP contribution in [0.25, 0.3) is 0 Å². The Hall–Kier alpha value is -2.01. The Morgan fingerprint density at radius 1 is 1.44 bits per heavy atom. The Morgan fingerprint density at radius 2 is 2.24 bits per heavy atom. The van der Waals surface area contributed by atoms with Crippen molar-refractivity contribution in [2.45, 2.75) is 43.8 Å². The maximum atomic E-state index is 12.3. The van der Waals surface area contributed by atoms with Crippen molar-refractivity contribution in [1.29, 1.82) is 0 Å². The molecule has 1 aromatic rings. The van der Waals surface area contributed by atoms with Crippen molar-refractivity contribution in [2.75, 3.05) is 19.8 Å². The molecule has 2 aliphatic heterocycles. The van der Waals surface area contributed by atoms with Crippen LogP contribution < -0.4 is 16.6 Å². The lowest BCUT2D eigenvalue weighted by molar-refractivity contribution is -0.0459. The van der Waals surface area contributed by atoms with E-state index in [0.717, 1.165) is 23.6 Å². The van der Waals surface area contributed by atoms with Gasteiger partial charge >= 0.3 is 5.69 Å². The largest absolute Gasteiger partial charge is 0.394 e. The molecule has 1 aromatic heterocycles. The quantitative estimate of drug-likeness (QED) is 0.482. The van der Waals surface area contributed by atoms with Gasteiger partial charge in [0, 0.05) is 25.8 Å². The normalized spacial score (nSPS) is 29.0. The molecule has 3 rings (SSSR count). The molecule has 0 aromatic carbocycles. The second-order valence-corrected chi connectivity index (χ2v) is 6.17. The number of carbonyl (C=O) groups excluding carboxylic acids is 1. The van der Waals surface area contributed by atoms with E-state index in [4.69, 9.17) is 14.6 Å². The van der Waals surface area contributed by atoms with Gasteiger partial charge in [-0.1, -0.05) is 0 Å². The number of H-pyrrole nitrogens is 1. The Labute approximate surface area is 142 Å². The summed E-state index contributed by atoms with van der Waals surface area (Å²) in [4.78, 5) is 38.3. The first-order chi connectivity index (χ1) is 12.0. The monoisotopic (exact) mass is 355 g/mol. The molecule has 4 N–H and O–H groups in total. The number of hydrogen-bond acceptors (Lipinski definition) is 7. The number of aromatic nitrogens is 2. The van der Waals surface area contributed by atoms with E-state index >= 15 is 0 Å². The van der Waals surface area contributed by atoms with Crippen LogP contribution >= 0.6 is 0 Å². The molecule has 2 aliphatic rings. The lowest BCUT2D eigenvalue weighted by Crippen LogP contribution is -2.40. The number of aliphatic hydroxyl groups is 2. The third-order valence-electron chi connectivity index (χ3n) is 4.42. The van der Waals surface area contributed by atoms with Crippen molar-refractivity contribution in [1.82, 2.24) is 14.9 Å². The highest BCUT2D eigenvalue weighted by molar-refractivity contribution is 5.93. The van der Waals surface area contributed by atoms with Crippen molar-refractivity contribution >= 4 is 5.91 Å². The molecule has 25 heavy (non-hydrogen) atoms. The molecule has 0 aliphatic carbocycles. The molecule has 10 nitrogen and oxygen atoms in total. The Bertz CT molecular complexity index is 737. The maximum absolute atomic E-state index is 12.3. The van der Waals surface area contributed by atoms with Gasteiger partial charge in [0.15, 0.2) is 0 Å². The molecule has 3 heterocycles. The zero-order chi connectivity index (χ0) is 18.0. The lowest BCUT2D eigenvalue weighted by atomic mass is 10.2. The van der Waals surface area contributed by atoms with E-state index in [0.29, 0.717) is 6.61 Å². The average Bonchev–Trinajstić information content (AvgIpc) is 3.22. The summed E-state index contributed by atoms with van der Waals surface area (Å²) in [6.07, 6.45) is 0.239. The van der Waals surface area contributed by atoms with Gasteiger partial charge in [0.1, 0.15) is 17.9 Å². The zero-order valence-electron chi connectivity index (χ0n) is 13.5. The van der Waals surface area contributed by atoms with E-state index in [1.807, 2.05) is 0 Å². The predicted molar refractivity (Wildman–Crippen MR) is 84.2 cm³/mol. The smallest absolute Gasteiger partial charge is 0.330 e. The summed E-state index contributed by atoms with van der Waals surface area (Å²) in [5, 5.41) is 21.5. The number of carbonyl (C=O) groups is 1. The number of aliphatic hydroxyl groups excluding tert-OH is 2. The molecule has 138 valence electrons. The van der Waals surface area contributed by atoms with E-state index in [9.17, 15) is 19.5 Å². The highest BCUT2D eigenvalue weighted by Crippen LogP contribution is 2.27. The van der Waals surface area contributed by atoms with Crippen LogP contribution in [-0.4, -0.2) is 63.7 Å². The molecule has 1 amide bonds. The van der Waals surface area contributed by atoms with Crippen molar-refractivity contribution < 1.29 is 24.5 Å². The van der Waals surface area contributed by atoms with E-state index in [1.54, 1.807) is 0 Å². The first-order valence-electron chi connectivity index (χ1n) is 8.19. The first-order valence-corrected chi connectivity index (χ1v) is 8.19. The number of aromatic amines is 1. The highest BCUT2D eigenvalue weighted by Gasteiger charge is 2.35. The fraction of sp³-hybridized carbons (Fsp3) is 0.667. The Kier molecular flexibility index (Phi) is 5.33. The van der Waals surface area contributed by atoms with E-state index < -0.39 is 42.2 Å². The second kappa shape index (κ2) is 7.48. The van der Waals surface area contributed by atoms with Gasteiger partial charge in [0.05, 0.1) is 18.8 Å². The minimum atomic E-state index is -0.939. The standard InChI is InChI=1S/C15H21N3O7/c19-7-11-10(20)4-12(25-11)18-6-9(14(22)17-15(18)23)13(21)16-5-8-2-1-3-24-8/h6,8,10-12,19-20H,1-5,7H2,(H,16,21)(H,17,22,23). The minimum Gasteiger partial charge on any atom is -0.394 e. The van der Waals surface area contributed by atoms with Gasteiger partial charge in [-0.05, 0) is 12.8 Å². The summed E-state index contributed by atoms with van der Waals surface area (Å²) in [6.45, 7) is 0.534. The summed E-state index contributed by atoms with van der Waals surface area (Å²) in [5.41, 5.74) is -1.79. The Morgan fingerprint density at radius 3 is 2.88 bits per heavy atom. The fourth-order valence-electron chi connectivity index (χ4n) is 3.02. The summed E-state index contributed by atoms with van der Waals surface area (Å²) in [7, 11) is 0. The van der Waals surface area contributed by atoms with Crippen LogP contribution in [0.15, 0.2) is 15.8 Å². The first kappa shape index (κ1) is 17.8. The van der Waals surface area contributed by atoms with E-state index in [-0.39, 0.29) is 24.6 Å². The molecular formula is C15H21N3O7. The number of nitrogens with one attached hydrogen (secondary N) is 2. The molecule has 2 fully saturated rings. The minimum absolute atomic E-state index is 0.0636. The topological polar surface area (TPSA) is 143 Å². The van der Waals surface area contributed by atoms with Gasteiger partial charge in [-0.2, -0.15) is 0 Å². The van der Waals surface area contributed by atoms with Crippen molar-refractivity contribution in [3.05, 3.63) is 32.6 Å². The van der Waals surface area contributed by atoms with Crippen molar-refractivity contribution in [3.8, 4) is 0 Å². The number of ether oxygens (including phenoxy) is 2. The van der Waals surface area contributed by atoms with Gasteiger partial charge in [0.25, 0.3) is 11.5 Å². The summed E-state index contributed by atoms with van der Waals surface area (Å²) >= 11 is 0. The number of rotatable bonds is 5. The maximum Gasteiger partial charge on any atom is 0.330 e. The number of hydrogen-bond donors (Lipinski definition) is 4. The molecule has 2 saturated heterocycles. The molecule has 10 heteroatoms. The van der Waals surface area contributed by atoms with Crippen LogP contribution in [0.3, 0.4) is 0 Å². The Balaban J connectivity index is 1.77. The SMILES string of the molecule is O=C(NCC1CCCO1)c1cn(C2CC(O)C(CO)O2)c(=O)[nH]c1=O. The van der Waals surface area contributed by atoms with Crippen LogP contribution in [0.1, 0.15) is 35.8 Å². The zero-order valence-corrected chi connectivity index (χ0v) is 13.5. The summed E-state index contributed by atoms with van der Waals surface area (Å²) in [5.74, 6) is -0.622. The van der Waals surface area contributed by atoms with Crippen LogP contribution in [0.2, 0.25) is 0 Å². The molecule has 0 saturated carbocycles. The van der Waals surface area contributed by atoms with Crippen LogP contribution in [-0.2, 0) is 9.47 Å². The molecule has 4 unspecified atom stereocenters. The van der Waals surface area contributed by atoms with E-state index in [1.165, 1.54) is 0 Å². The van der Waals surface area contributed by atoms with Crippen LogP contribution in [0, 0.1) is 0 Å². The van der Waals surface area contributed by atoms with Crippen molar-refractivity contribution in [2.24, 2.45) is 0 Å². The third kappa shape index (κ3) is 3.82. The second-order valence-electron chi connectivity index (χ2n) is 6.17. The van der Waals surface area contributed by atoms with Gasteiger partial charge in [-0.3, -0.25) is 19.1 Å². The van der Waals surface area contributed by atoms with Gasteiger partial charge in [-0.25, -0.2) is 4.79 Å². The van der Waals surface area contributed by atoms with Crippen molar-refractivity contribution in [3.63, 3.8) is 0 Å².